The number of aliphatic hydroxyl groups is 2. The number of hydrogen-bond donors (Lipinski definition) is 3. The molecule has 182 valence electrons. The Kier molecular flexibility index (Phi) is 6.89. The molecule has 5 atom stereocenters. The van der Waals surface area contributed by atoms with Gasteiger partial charge < -0.3 is 15.1 Å². The van der Waals surface area contributed by atoms with Gasteiger partial charge in [-0.2, -0.15) is 0 Å². The standard InChI is InChI=1S/C25H31N3O4S2/c1-5-10-28(4)20(31)12-15-21-17(34-23(26-21)27-22(32)16-7-6-11-33-16)13-18-24(15,2)9-8-19(30)25(18,3)14-29/h1,6-7,11,15,18-19,29-30H,8-10,12-14H2,2-4H3,(H,26,27,32)/t15-,18+,19-,24+,25+/m1/s1. The minimum Gasteiger partial charge on any atom is -0.396 e. The molecule has 4 rings (SSSR count). The fraction of sp³-hybridized carbons (Fsp3) is 0.560. The van der Waals surface area contributed by atoms with E-state index in [2.05, 4.69) is 18.2 Å². The van der Waals surface area contributed by atoms with Gasteiger partial charge in [0.25, 0.3) is 5.91 Å². The summed E-state index contributed by atoms with van der Waals surface area (Å²) in [7, 11) is 1.70. The van der Waals surface area contributed by atoms with Crippen LogP contribution in [-0.2, 0) is 11.2 Å². The van der Waals surface area contributed by atoms with E-state index in [9.17, 15) is 19.8 Å². The highest BCUT2D eigenvalue weighted by Gasteiger charge is 2.59. The van der Waals surface area contributed by atoms with Crippen molar-refractivity contribution >= 4 is 39.6 Å². The lowest BCUT2D eigenvalue weighted by Crippen LogP contribution is -2.57. The van der Waals surface area contributed by atoms with Gasteiger partial charge in [-0.05, 0) is 42.0 Å². The lowest BCUT2D eigenvalue weighted by molar-refractivity contribution is -0.146. The van der Waals surface area contributed by atoms with Gasteiger partial charge in [0.05, 0.1) is 29.8 Å². The first-order chi connectivity index (χ1) is 16.1. The van der Waals surface area contributed by atoms with Crippen LogP contribution < -0.4 is 5.32 Å². The molecule has 2 amide bonds. The number of aliphatic hydroxyl groups excluding tert-OH is 2. The third kappa shape index (κ3) is 4.17. The Bertz CT molecular complexity index is 1110. The number of nitrogens with zero attached hydrogens (tertiary/aromatic N) is 2. The average Bonchev–Trinajstić information content (AvgIpc) is 3.48. The molecule has 2 aromatic heterocycles. The second-order valence-corrected chi connectivity index (χ2v) is 12.0. The van der Waals surface area contributed by atoms with Crippen molar-refractivity contribution in [2.75, 3.05) is 25.5 Å². The van der Waals surface area contributed by atoms with Crippen molar-refractivity contribution in [3.8, 4) is 12.3 Å². The molecular formula is C25H31N3O4S2. The summed E-state index contributed by atoms with van der Waals surface area (Å²) in [5.74, 6) is 1.99. The van der Waals surface area contributed by atoms with E-state index in [1.807, 2.05) is 18.4 Å². The number of anilines is 1. The van der Waals surface area contributed by atoms with Crippen LogP contribution in [0.15, 0.2) is 17.5 Å². The molecule has 1 fully saturated rings. The number of amides is 2. The molecule has 0 aliphatic heterocycles. The Morgan fingerprint density at radius 2 is 2.18 bits per heavy atom. The lowest BCUT2D eigenvalue weighted by atomic mass is 9.47. The number of thiazole rings is 1. The summed E-state index contributed by atoms with van der Waals surface area (Å²) in [5, 5.41) is 26.5. The maximum absolute atomic E-state index is 13.1. The fourth-order valence-electron chi connectivity index (χ4n) is 5.82. The number of aromatic nitrogens is 1. The molecule has 0 radical (unpaired) electrons. The molecule has 0 aromatic carbocycles. The molecule has 34 heavy (non-hydrogen) atoms. The highest BCUT2D eigenvalue weighted by atomic mass is 32.1. The van der Waals surface area contributed by atoms with E-state index < -0.39 is 11.5 Å². The number of carbonyl (C=O) groups excluding carboxylic acids is 2. The third-order valence-electron chi connectivity index (χ3n) is 7.99. The minimum atomic E-state index is -0.693. The maximum atomic E-state index is 13.1. The number of fused-ring (bicyclic) bond motifs is 2. The van der Waals surface area contributed by atoms with Gasteiger partial charge in [-0.15, -0.1) is 29.1 Å². The molecule has 3 N–H and O–H groups in total. The predicted molar refractivity (Wildman–Crippen MR) is 134 cm³/mol. The second kappa shape index (κ2) is 9.42. The Morgan fingerprint density at radius 1 is 1.41 bits per heavy atom. The first-order valence-electron chi connectivity index (χ1n) is 11.4. The molecule has 1 saturated carbocycles. The Balaban J connectivity index is 1.73. The average molecular weight is 502 g/mol. The van der Waals surface area contributed by atoms with Crippen molar-refractivity contribution in [1.82, 2.24) is 9.88 Å². The SMILES string of the molecule is C#CCN(C)C(=O)C[C@@H]1c2nc(NC(=O)c3cccs3)sc2C[C@@H]2[C@](C)(CO)[C@H](O)CC[C@]21C. The zero-order valence-electron chi connectivity index (χ0n) is 19.7. The van der Waals surface area contributed by atoms with Crippen molar-refractivity contribution in [2.45, 2.75) is 51.6 Å². The van der Waals surface area contributed by atoms with Crippen LogP contribution in [0.2, 0.25) is 0 Å². The number of nitrogens with one attached hydrogen (secondary N) is 1. The zero-order chi connectivity index (χ0) is 24.7. The van der Waals surface area contributed by atoms with Crippen molar-refractivity contribution in [3.05, 3.63) is 33.0 Å². The fourth-order valence-corrected chi connectivity index (χ4v) is 7.50. The summed E-state index contributed by atoms with van der Waals surface area (Å²) >= 11 is 2.78. The van der Waals surface area contributed by atoms with E-state index in [0.717, 1.165) is 17.0 Å². The van der Waals surface area contributed by atoms with Crippen LogP contribution in [0.5, 0.6) is 0 Å². The summed E-state index contributed by atoms with van der Waals surface area (Å²) in [5.41, 5.74) is -0.204. The summed E-state index contributed by atoms with van der Waals surface area (Å²) in [6, 6.07) is 3.59. The Hall–Kier alpha value is -2.25. The molecule has 7 nitrogen and oxygen atoms in total. The quantitative estimate of drug-likeness (QED) is 0.527. The van der Waals surface area contributed by atoms with Crippen LogP contribution in [0.3, 0.4) is 0 Å². The number of carbonyl (C=O) groups is 2. The van der Waals surface area contributed by atoms with E-state index in [1.165, 1.54) is 22.7 Å². The first-order valence-corrected chi connectivity index (χ1v) is 13.1. The summed E-state index contributed by atoms with van der Waals surface area (Å²) in [6.07, 6.45) is 6.94. The van der Waals surface area contributed by atoms with Crippen LogP contribution in [0.4, 0.5) is 5.13 Å². The Morgan fingerprint density at radius 3 is 2.82 bits per heavy atom. The van der Waals surface area contributed by atoms with Crippen LogP contribution >= 0.6 is 22.7 Å². The van der Waals surface area contributed by atoms with Gasteiger partial charge in [-0.1, -0.05) is 25.8 Å². The van der Waals surface area contributed by atoms with Crippen molar-refractivity contribution in [3.63, 3.8) is 0 Å². The topological polar surface area (TPSA) is 103 Å². The molecule has 2 aliphatic rings. The van der Waals surface area contributed by atoms with E-state index >= 15 is 0 Å². The molecule has 0 bridgehead atoms. The van der Waals surface area contributed by atoms with Crippen molar-refractivity contribution < 1.29 is 19.8 Å². The number of thiophene rings is 1. The van der Waals surface area contributed by atoms with Crippen LogP contribution in [-0.4, -0.2) is 58.2 Å². The van der Waals surface area contributed by atoms with Gasteiger partial charge in [0.2, 0.25) is 5.91 Å². The molecule has 2 aliphatic carbocycles. The Labute approximate surface area is 208 Å². The van der Waals surface area contributed by atoms with Crippen molar-refractivity contribution in [1.29, 1.82) is 0 Å². The minimum absolute atomic E-state index is 0.0433. The highest BCUT2D eigenvalue weighted by Crippen LogP contribution is 2.62. The molecule has 0 spiro atoms. The van der Waals surface area contributed by atoms with Crippen LogP contribution in [0.1, 0.15) is 59.3 Å². The van der Waals surface area contributed by atoms with Gasteiger partial charge in [0.1, 0.15) is 0 Å². The van der Waals surface area contributed by atoms with Gasteiger partial charge in [0, 0.05) is 29.7 Å². The monoisotopic (exact) mass is 501 g/mol. The zero-order valence-corrected chi connectivity index (χ0v) is 21.3. The van der Waals surface area contributed by atoms with E-state index in [4.69, 9.17) is 11.4 Å². The van der Waals surface area contributed by atoms with E-state index in [1.54, 1.807) is 18.0 Å². The second-order valence-electron chi connectivity index (χ2n) is 9.95. The van der Waals surface area contributed by atoms with Gasteiger partial charge in [-0.25, -0.2) is 4.98 Å². The number of terminal acetylenes is 1. The summed E-state index contributed by atoms with van der Waals surface area (Å²) in [6.45, 7) is 4.18. The van der Waals surface area contributed by atoms with Crippen LogP contribution in [0.25, 0.3) is 0 Å². The lowest BCUT2D eigenvalue weighted by Gasteiger charge is -2.58. The maximum Gasteiger partial charge on any atom is 0.267 e. The van der Waals surface area contributed by atoms with Gasteiger partial charge >= 0.3 is 0 Å². The molecule has 0 unspecified atom stereocenters. The van der Waals surface area contributed by atoms with Gasteiger partial charge in [-0.3, -0.25) is 14.9 Å². The normalized spacial score (nSPS) is 30.1. The van der Waals surface area contributed by atoms with Crippen LogP contribution in [0, 0.1) is 29.1 Å². The molecule has 0 saturated heterocycles. The number of hydrogen-bond acceptors (Lipinski definition) is 7. The van der Waals surface area contributed by atoms with E-state index in [-0.39, 0.29) is 48.6 Å². The highest BCUT2D eigenvalue weighted by molar-refractivity contribution is 7.16. The summed E-state index contributed by atoms with van der Waals surface area (Å²) in [4.78, 5) is 33.7. The first kappa shape index (κ1) is 24.9. The largest absolute Gasteiger partial charge is 0.396 e. The number of rotatable bonds is 6. The molecule has 2 heterocycles. The summed E-state index contributed by atoms with van der Waals surface area (Å²) < 4.78 is 0. The molecular weight excluding hydrogens is 470 g/mol. The predicted octanol–water partition coefficient (Wildman–Crippen LogP) is 3.35. The smallest absolute Gasteiger partial charge is 0.267 e. The van der Waals surface area contributed by atoms with Gasteiger partial charge in [0.15, 0.2) is 5.13 Å². The van der Waals surface area contributed by atoms with Crippen molar-refractivity contribution in [2.24, 2.45) is 16.7 Å². The molecule has 2 aromatic rings. The molecule has 9 heteroatoms. The van der Waals surface area contributed by atoms with E-state index in [0.29, 0.717) is 22.9 Å². The third-order valence-corrected chi connectivity index (χ3v) is 9.87.